The van der Waals surface area contributed by atoms with E-state index in [9.17, 15) is 9.18 Å². The van der Waals surface area contributed by atoms with E-state index in [4.69, 9.17) is 0 Å². The van der Waals surface area contributed by atoms with Crippen molar-refractivity contribution >= 4 is 22.4 Å². The topological polar surface area (TPSA) is 20.3 Å². The highest BCUT2D eigenvalue weighted by molar-refractivity contribution is 6.03. The van der Waals surface area contributed by atoms with Gasteiger partial charge in [0.05, 0.1) is 6.54 Å². The first kappa shape index (κ1) is 18.6. The molecular weight excluding hydrogens is 373 g/mol. The maximum Gasteiger partial charge on any atom is 0.228 e. The van der Waals surface area contributed by atoms with Crippen LogP contribution in [0.1, 0.15) is 34.6 Å². The third-order valence-electron chi connectivity index (χ3n) is 6.14. The van der Waals surface area contributed by atoms with E-state index in [2.05, 4.69) is 37.3 Å². The molecule has 0 radical (unpaired) electrons. The zero-order valence-corrected chi connectivity index (χ0v) is 16.8. The number of fused-ring (bicyclic) bond motifs is 3. The smallest absolute Gasteiger partial charge is 0.228 e. The van der Waals surface area contributed by atoms with Crippen molar-refractivity contribution in [2.75, 3.05) is 4.90 Å². The van der Waals surface area contributed by atoms with Crippen LogP contribution in [0.5, 0.6) is 0 Å². The summed E-state index contributed by atoms with van der Waals surface area (Å²) in [5.41, 5.74) is 4.77. The number of halogens is 1. The van der Waals surface area contributed by atoms with Crippen molar-refractivity contribution in [2.24, 2.45) is 0 Å². The number of hydrogen-bond acceptors (Lipinski definition) is 1. The van der Waals surface area contributed by atoms with Crippen molar-refractivity contribution in [2.45, 2.75) is 25.8 Å². The number of benzene rings is 4. The van der Waals surface area contributed by atoms with Crippen molar-refractivity contribution in [1.82, 2.24) is 0 Å². The second-order valence-electron chi connectivity index (χ2n) is 7.90. The molecule has 30 heavy (non-hydrogen) atoms. The van der Waals surface area contributed by atoms with Gasteiger partial charge in [-0.3, -0.25) is 4.79 Å². The Kier molecular flexibility index (Phi) is 4.59. The summed E-state index contributed by atoms with van der Waals surface area (Å²) in [7, 11) is 0. The first-order valence-corrected chi connectivity index (χ1v) is 10.2. The molecule has 1 amide bonds. The molecule has 2 nitrogen and oxygen atoms in total. The monoisotopic (exact) mass is 395 g/mol. The van der Waals surface area contributed by atoms with Crippen LogP contribution in [0.4, 0.5) is 10.1 Å². The first-order chi connectivity index (χ1) is 14.6. The predicted octanol–water partition coefficient (Wildman–Crippen LogP) is 6.36. The maximum absolute atomic E-state index is 14.8. The van der Waals surface area contributed by atoms with Crippen molar-refractivity contribution in [1.29, 1.82) is 0 Å². The highest BCUT2D eigenvalue weighted by Crippen LogP contribution is 2.45. The fraction of sp³-hybridized carbons (Fsp3) is 0.148. The van der Waals surface area contributed by atoms with Gasteiger partial charge in [-0.05, 0) is 52.1 Å². The lowest BCUT2D eigenvalue weighted by molar-refractivity contribution is -0.119. The Morgan fingerprint density at radius 1 is 0.900 bits per heavy atom. The lowest BCUT2D eigenvalue weighted by Crippen LogP contribution is -2.37. The molecule has 1 atom stereocenters. The lowest BCUT2D eigenvalue weighted by Gasteiger charge is -2.35. The van der Waals surface area contributed by atoms with Crippen LogP contribution in [0, 0.1) is 12.7 Å². The van der Waals surface area contributed by atoms with Gasteiger partial charge in [-0.15, -0.1) is 0 Å². The molecule has 0 saturated heterocycles. The van der Waals surface area contributed by atoms with Gasteiger partial charge in [0, 0.05) is 18.0 Å². The molecule has 4 aromatic carbocycles. The summed E-state index contributed by atoms with van der Waals surface area (Å²) in [6.45, 7) is 2.58. The van der Waals surface area contributed by atoms with E-state index in [-0.39, 0.29) is 24.1 Å². The molecule has 3 heteroatoms. The normalized spacial score (nSPS) is 16.0. The van der Waals surface area contributed by atoms with Crippen LogP contribution in [0.3, 0.4) is 0 Å². The number of hydrogen-bond donors (Lipinski definition) is 0. The molecular formula is C27H22FNO. The van der Waals surface area contributed by atoms with Crippen LogP contribution < -0.4 is 4.90 Å². The zero-order valence-electron chi connectivity index (χ0n) is 16.8. The van der Waals surface area contributed by atoms with Gasteiger partial charge in [0.1, 0.15) is 5.82 Å². The molecule has 1 heterocycles. The third kappa shape index (κ3) is 3.07. The number of aryl methyl sites for hydroxylation is 1. The molecule has 0 saturated carbocycles. The van der Waals surface area contributed by atoms with Gasteiger partial charge in [0.15, 0.2) is 0 Å². The largest absolute Gasteiger partial charge is 0.308 e. The fourth-order valence-electron chi connectivity index (χ4n) is 4.56. The molecule has 1 aliphatic heterocycles. The maximum atomic E-state index is 14.8. The van der Waals surface area contributed by atoms with Gasteiger partial charge in [-0.2, -0.15) is 0 Å². The molecule has 5 rings (SSSR count). The van der Waals surface area contributed by atoms with Crippen LogP contribution in [0.2, 0.25) is 0 Å². The second kappa shape index (κ2) is 7.42. The number of nitrogens with zero attached hydrogens (tertiary/aromatic N) is 1. The van der Waals surface area contributed by atoms with Crippen LogP contribution in [0.15, 0.2) is 84.9 Å². The molecule has 1 aliphatic rings. The van der Waals surface area contributed by atoms with Crippen molar-refractivity contribution in [3.63, 3.8) is 0 Å². The lowest BCUT2D eigenvalue weighted by atomic mass is 9.81. The minimum Gasteiger partial charge on any atom is -0.308 e. The third-order valence-corrected chi connectivity index (χ3v) is 6.14. The van der Waals surface area contributed by atoms with Crippen LogP contribution in [0.25, 0.3) is 10.8 Å². The molecule has 148 valence electrons. The Labute approximate surface area is 175 Å². The average Bonchev–Trinajstić information content (AvgIpc) is 2.77. The predicted molar refractivity (Wildman–Crippen MR) is 119 cm³/mol. The summed E-state index contributed by atoms with van der Waals surface area (Å²) in [4.78, 5) is 15.2. The highest BCUT2D eigenvalue weighted by Gasteiger charge is 2.34. The van der Waals surface area contributed by atoms with Gasteiger partial charge in [0.25, 0.3) is 0 Å². The van der Waals surface area contributed by atoms with Gasteiger partial charge >= 0.3 is 0 Å². The van der Waals surface area contributed by atoms with E-state index in [1.165, 1.54) is 6.07 Å². The Morgan fingerprint density at radius 2 is 1.63 bits per heavy atom. The SMILES string of the molecule is Cc1ccccc1CN1C(=O)CC(c2ccccc2F)c2c1ccc1ccccc21. The molecule has 0 aromatic heterocycles. The highest BCUT2D eigenvalue weighted by atomic mass is 19.1. The average molecular weight is 395 g/mol. The summed E-state index contributed by atoms with van der Waals surface area (Å²) in [5, 5.41) is 2.17. The number of carbonyl (C=O) groups is 1. The van der Waals surface area contributed by atoms with E-state index in [0.29, 0.717) is 12.1 Å². The van der Waals surface area contributed by atoms with Crippen LogP contribution >= 0.6 is 0 Å². The van der Waals surface area contributed by atoms with Crippen molar-refractivity contribution in [3.8, 4) is 0 Å². The Bertz CT molecular complexity index is 1260. The van der Waals surface area contributed by atoms with Crippen LogP contribution in [-0.2, 0) is 11.3 Å². The molecule has 0 fully saturated rings. The standard InChI is InChI=1S/C27H22FNO/c1-18-8-2-3-10-20(18)17-29-25-15-14-19-9-4-5-11-21(19)27(25)23(16-26(29)30)22-12-6-7-13-24(22)28/h2-15,23H,16-17H2,1H3. The first-order valence-electron chi connectivity index (χ1n) is 10.2. The van der Waals surface area contributed by atoms with E-state index in [1.54, 1.807) is 12.1 Å². The van der Waals surface area contributed by atoms with Crippen molar-refractivity contribution < 1.29 is 9.18 Å². The summed E-state index contributed by atoms with van der Waals surface area (Å²) in [6, 6.07) is 27.2. The van der Waals surface area contributed by atoms with Gasteiger partial charge < -0.3 is 4.90 Å². The summed E-state index contributed by atoms with van der Waals surface area (Å²) < 4.78 is 14.8. The molecule has 0 N–H and O–H groups in total. The quantitative estimate of drug-likeness (QED) is 0.395. The molecule has 1 unspecified atom stereocenters. The fourth-order valence-corrected chi connectivity index (χ4v) is 4.56. The van der Waals surface area contributed by atoms with Crippen molar-refractivity contribution in [3.05, 3.63) is 113 Å². The van der Waals surface area contributed by atoms with Gasteiger partial charge in [-0.25, -0.2) is 4.39 Å². The number of anilines is 1. The number of rotatable bonds is 3. The zero-order chi connectivity index (χ0) is 20.7. The molecule has 4 aromatic rings. The Balaban J connectivity index is 1.71. The Hall–Kier alpha value is -3.46. The summed E-state index contributed by atoms with van der Waals surface area (Å²) in [6.07, 6.45) is 0.258. The number of amides is 1. The molecule has 0 bridgehead atoms. The van der Waals surface area contributed by atoms with Gasteiger partial charge in [0.2, 0.25) is 5.91 Å². The van der Waals surface area contributed by atoms with E-state index in [1.807, 2.05) is 41.3 Å². The second-order valence-corrected chi connectivity index (χ2v) is 7.90. The summed E-state index contributed by atoms with van der Waals surface area (Å²) in [5.74, 6) is -0.538. The summed E-state index contributed by atoms with van der Waals surface area (Å²) >= 11 is 0. The van der Waals surface area contributed by atoms with E-state index in [0.717, 1.165) is 33.2 Å². The molecule has 0 aliphatic carbocycles. The minimum atomic E-state index is -0.298. The number of carbonyl (C=O) groups excluding carboxylic acids is 1. The minimum absolute atomic E-state index is 0.0225. The molecule has 0 spiro atoms. The Morgan fingerprint density at radius 3 is 2.47 bits per heavy atom. The van der Waals surface area contributed by atoms with E-state index >= 15 is 0 Å². The van der Waals surface area contributed by atoms with Crippen LogP contribution in [-0.4, -0.2) is 5.91 Å². The van der Waals surface area contributed by atoms with Gasteiger partial charge in [-0.1, -0.05) is 72.8 Å². The van der Waals surface area contributed by atoms with E-state index < -0.39 is 0 Å².